The Bertz CT molecular complexity index is 597. The smallest absolute Gasteiger partial charge is 0.246 e. The van der Waals surface area contributed by atoms with E-state index in [1.54, 1.807) is 0 Å². The van der Waals surface area contributed by atoms with Gasteiger partial charge in [-0.25, -0.2) is 0 Å². The molecule has 3 N–H and O–H groups in total. The van der Waals surface area contributed by atoms with Crippen molar-refractivity contribution in [1.82, 2.24) is 10.6 Å². The average Bonchev–Trinajstić information content (AvgIpc) is 2.49. The quantitative estimate of drug-likeness (QED) is 0.771. The first-order chi connectivity index (χ1) is 10.1. The zero-order valence-corrected chi connectivity index (χ0v) is 11.8. The van der Waals surface area contributed by atoms with Crippen LogP contribution in [0.4, 0.5) is 5.69 Å². The summed E-state index contributed by atoms with van der Waals surface area (Å²) in [6.07, 6.45) is 2.06. The first-order valence-corrected chi connectivity index (χ1v) is 7.27. The van der Waals surface area contributed by atoms with Crippen LogP contribution in [-0.4, -0.2) is 24.4 Å². The fourth-order valence-electron chi connectivity index (χ4n) is 2.92. The number of carbonyl (C=O) groups is 2. The molecule has 2 atom stereocenters. The lowest BCUT2D eigenvalue weighted by Crippen LogP contribution is -2.50. The second-order valence-corrected chi connectivity index (χ2v) is 5.55. The SMILES string of the molecule is C=C1CC[C@@H](NC(=O)[C@@H]2CCNc3ccccc32)C(=O)N1. The van der Waals surface area contributed by atoms with Gasteiger partial charge in [0.2, 0.25) is 11.8 Å². The fraction of sp³-hybridized carbons (Fsp3) is 0.375. The first kappa shape index (κ1) is 13.7. The standard InChI is InChI=1S/C16H19N3O2/c1-10-6-7-14(16(21)18-10)19-15(20)12-8-9-17-13-5-3-2-4-11(12)13/h2-5,12,14,17H,1,6-9H2,(H,18,21)(H,19,20)/t12-,14-/m1/s1. The average molecular weight is 285 g/mol. The van der Waals surface area contributed by atoms with E-state index in [-0.39, 0.29) is 17.7 Å². The Morgan fingerprint density at radius 3 is 2.90 bits per heavy atom. The van der Waals surface area contributed by atoms with Crippen molar-refractivity contribution in [2.24, 2.45) is 0 Å². The summed E-state index contributed by atoms with van der Waals surface area (Å²) in [4.78, 5) is 24.4. The van der Waals surface area contributed by atoms with E-state index in [2.05, 4.69) is 22.5 Å². The van der Waals surface area contributed by atoms with Crippen molar-refractivity contribution in [3.8, 4) is 0 Å². The summed E-state index contributed by atoms with van der Waals surface area (Å²) in [5, 5.41) is 8.87. The van der Waals surface area contributed by atoms with Crippen LogP contribution < -0.4 is 16.0 Å². The van der Waals surface area contributed by atoms with E-state index in [1.165, 1.54) is 0 Å². The Morgan fingerprint density at radius 1 is 1.29 bits per heavy atom. The van der Waals surface area contributed by atoms with Crippen LogP contribution in [0.2, 0.25) is 0 Å². The predicted octanol–water partition coefficient (Wildman–Crippen LogP) is 1.49. The first-order valence-electron chi connectivity index (χ1n) is 7.27. The molecule has 2 aliphatic rings. The number of fused-ring (bicyclic) bond motifs is 1. The van der Waals surface area contributed by atoms with Crippen LogP contribution in [0, 0.1) is 0 Å². The largest absolute Gasteiger partial charge is 0.385 e. The summed E-state index contributed by atoms with van der Waals surface area (Å²) >= 11 is 0. The normalized spacial score (nSPS) is 24.6. The molecule has 0 saturated carbocycles. The maximum Gasteiger partial charge on any atom is 0.246 e. The number of amides is 2. The van der Waals surface area contributed by atoms with Crippen molar-refractivity contribution in [3.63, 3.8) is 0 Å². The van der Waals surface area contributed by atoms with E-state index in [4.69, 9.17) is 0 Å². The molecule has 1 aromatic rings. The van der Waals surface area contributed by atoms with Crippen LogP contribution in [0.5, 0.6) is 0 Å². The molecule has 0 aromatic heterocycles. The van der Waals surface area contributed by atoms with Crippen molar-refractivity contribution >= 4 is 17.5 Å². The molecular weight excluding hydrogens is 266 g/mol. The molecular formula is C16H19N3O2. The highest BCUT2D eigenvalue weighted by Gasteiger charge is 2.31. The van der Waals surface area contributed by atoms with E-state index in [0.717, 1.165) is 29.9 Å². The minimum absolute atomic E-state index is 0.0726. The summed E-state index contributed by atoms with van der Waals surface area (Å²) in [5.41, 5.74) is 2.73. The van der Waals surface area contributed by atoms with Crippen LogP contribution >= 0.6 is 0 Å². The molecule has 2 amide bonds. The minimum atomic E-state index is -0.454. The number of hydrogen-bond donors (Lipinski definition) is 3. The molecule has 110 valence electrons. The van der Waals surface area contributed by atoms with Crippen molar-refractivity contribution in [2.45, 2.75) is 31.2 Å². The highest BCUT2D eigenvalue weighted by Crippen LogP contribution is 2.31. The monoisotopic (exact) mass is 285 g/mol. The van der Waals surface area contributed by atoms with Crippen LogP contribution in [0.15, 0.2) is 36.5 Å². The molecule has 0 bridgehead atoms. The highest BCUT2D eigenvalue weighted by molar-refractivity contribution is 5.92. The molecule has 3 rings (SSSR count). The van der Waals surface area contributed by atoms with Crippen LogP contribution in [-0.2, 0) is 9.59 Å². The predicted molar refractivity (Wildman–Crippen MR) is 80.7 cm³/mol. The number of piperidine rings is 1. The van der Waals surface area contributed by atoms with Gasteiger partial charge in [-0.15, -0.1) is 0 Å². The second kappa shape index (κ2) is 5.60. The van der Waals surface area contributed by atoms with Crippen molar-refractivity contribution in [1.29, 1.82) is 0 Å². The van der Waals surface area contributed by atoms with Gasteiger partial charge in [-0.05, 0) is 30.9 Å². The third-order valence-corrected chi connectivity index (χ3v) is 4.07. The maximum absolute atomic E-state index is 12.5. The number of carbonyl (C=O) groups excluding carboxylic acids is 2. The molecule has 0 unspecified atom stereocenters. The Balaban J connectivity index is 1.72. The Kier molecular flexibility index (Phi) is 3.64. The van der Waals surface area contributed by atoms with E-state index in [0.29, 0.717) is 12.8 Å². The Labute approximate surface area is 123 Å². The molecule has 1 fully saturated rings. The third-order valence-electron chi connectivity index (χ3n) is 4.07. The topological polar surface area (TPSA) is 70.2 Å². The zero-order valence-electron chi connectivity index (χ0n) is 11.8. The van der Waals surface area contributed by atoms with Gasteiger partial charge in [-0.1, -0.05) is 24.8 Å². The van der Waals surface area contributed by atoms with Gasteiger partial charge in [0.25, 0.3) is 0 Å². The Morgan fingerprint density at radius 2 is 2.10 bits per heavy atom. The van der Waals surface area contributed by atoms with Crippen molar-refractivity contribution in [2.75, 3.05) is 11.9 Å². The highest BCUT2D eigenvalue weighted by atomic mass is 16.2. The van der Waals surface area contributed by atoms with E-state index in [9.17, 15) is 9.59 Å². The molecule has 0 radical (unpaired) electrons. The maximum atomic E-state index is 12.5. The molecule has 0 aliphatic carbocycles. The lowest BCUT2D eigenvalue weighted by atomic mass is 9.89. The van der Waals surface area contributed by atoms with Crippen LogP contribution in [0.1, 0.15) is 30.7 Å². The van der Waals surface area contributed by atoms with Gasteiger partial charge < -0.3 is 16.0 Å². The van der Waals surface area contributed by atoms with Gasteiger partial charge in [0.1, 0.15) is 6.04 Å². The number of nitrogens with one attached hydrogen (secondary N) is 3. The van der Waals surface area contributed by atoms with Crippen molar-refractivity contribution < 1.29 is 9.59 Å². The van der Waals surface area contributed by atoms with Gasteiger partial charge in [-0.2, -0.15) is 0 Å². The van der Waals surface area contributed by atoms with Crippen molar-refractivity contribution in [3.05, 3.63) is 42.1 Å². The van der Waals surface area contributed by atoms with Crippen LogP contribution in [0.25, 0.3) is 0 Å². The summed E-state index contributed by atoms with van der Waals surface area (Å²) in [6.45, 7) is 4.51. The molecule has 5 nitrogen and oxygen atoms in total. The number of benzene rings is 1. The molecule has 1 aromatic carbocycles. The molecule has 0 spiro atoms. The summed E-state index contributed by atoms with van der Waals surface area (Å²) in [7, 11) is 0. The molecule has 21 heavy (non-hydrogen) atoms. The lowest BCUT2D eigenvalue weighted by Gasteiger charge is -2.29. The van der Waals surface area contributed by atoms with Crippen LogP contribution in [0.3, 0.4) is 0 Å². The molecule has 1 saturated heterocycles. The number of para-hydroxylation sites is 1. The fourth-order valence-corrected chi connectivity index (χ4v) is 2.92. The molecule has 2 aliphatic heterocycles. The lowest BCUT2D eigenvalue weighted by molar-refractivity contribution is -0.130. The van der Waals surface area contributed by atoms with Gasteiger partial charge >= 0.3 is 0 Å². The van der Waals surface area contributed by atoms with E-state index in [1.807, 2.05) is 24.3 Å². The summed E-state index contributed by atoms with van der Waals surface area (Å²) in [5.74, 6) is -0.432. The molecule has 2 heterocycles. The van der Waals surface area contributed by atoms with E-state index < -0.39 is 6.04 Å². The van der Waals surface area contributed by atoms with Gasteiger partial charge in [0.05, 0.1) is 5.92 Å². The number of hydrogen-bond acceptors (Lipinski definition) is 3. The van der Waals surface area contributed by atoms with E-state index >= 15 is 0 Å². The van der Waals surface area contributed by atoms with Gasteiger partial charge in [0.15, 0.2) is 0 Å². The second-order valence-electron chi connectivity index (χ2n) is 5.55. The number of anilines is 1. The summed E-state index contributed by atoms with van der Waals surface area (Å²) in [6, 6.07) is 7.38. The van der Waals surface area contributed by atoms with Gasteiger partial charge in [0, 0.05) is 17.9 Å². The Hall–Kier alpha value is -2.30. The third kappa shape index (κ3) is 2.77. The van der Waals surface area contributed by atoms with Gasteiger partial charge in [-0.3, -0.25) is 9.59 Å². The molecule has 5 heteroatoms. The minimum Gasteiger partial charge on any atom is -0.385 e. The number of rotatable bonds is 2. The number of allylic oxidation sites excluding steroid dienone is 1. The zero-order chi connectivity index (χ0) is 14.8. The summed E-state index contributed by atoms with van der Waals surface area (Å²) < 4.78 is 0.